The van der Waals surface area contributed by atoms with Gasteiger partial charge in [0.15, 0.2) is 0 Å². The summed E-state index contributed by atoms with van der Waals surface area (Å²) in [7, 11) is 0. The Labute approximate surface area is 160 Å². The van der Waals surface area contributed by atoms with Crippen LogP contribution >= 0.6 is 0 Å². The molecule has 1 N–H and O–H groups in total. The zero-order valence-corrected chi connectivity index (χ0v) is 15.6. The summed E-state index contributed by atoms with van der Waals surface area (Å²) >= 11 is 0. The van der Waals surface area contributed by atoms with E-state index in [0.29, 0.717) is 12.0 Å². The molecule has 1 aromatic heterocycles. The number of hydrogen-bond donors (Lipinski definition) is 1. The average Bonchev–Trinajstić information content (AvgIpc) is 3.19. The summed E-state index contributed by atoms with van der Waals surface area (Å²) in [6.45, 7) is 5.05. The van der Waals surface area contributed by atoms with Crippen LogP contribution in [0.15, 0.2) is 48.7 Å². The molecule has 6 nitrogen and oxygen atoms in total. The van der Waals surface area contributed by atoms with Gasteiger partial charge in [0.2, 0.25) is 0 Å². The van der Waals surface area contributed by atoms with Crippen molar-refractivity contribution in [3.63, 3.8) is 0 Å². The van der Waals surface area contributed by atoms with Crippen LogP contribution in [0.25, 0.3) is 0 Å². The zero-order valence-electron chi connectivity index (χ0n) is 15.6. The minimum Gasteiger partial charge on any atom is -0.366 e. The van der Waals surface area contributed by atoms with Gasteiger partial charge >= 0.3 is 0 Å². The van der Waals surface area contributed by atoms with Crippen molar-refractivity contribution in [2.75, 3.05) is 38.0 Å². The third kappa shape index (κ3) is 4.63. The lowest BCUT2D eigenvalue weighted by Gasteiger charge is -2.34. The van der Waals surface area contributed by atoms with E-state index in [9.17, 15) is 4.79 Å². The number of hydrogen-bond acceptors (Lipinski definition) is 5. The van der Waals surface area contributed by atoms with E-state index >= 15 is 0 Å². The normalized spacial score (nSPS) is 21.3. The van der Waals surface area contributed by atoms with Gasteiger partial charge in [0.25, 0.3) is 5.91 Å². The second kappa shape index (κ2) is 8.48. The molecule has 6 heteroatoms. The molecule has 2 fully saturated rings. The van der Waals surface area contributed by atoms with Crippen LogP contribution in [0.3, 0.4) is 0 Å². The first-order valence-electron chi connectivity index (χ1n) is 9.89. The minimum atomic E-state index is 0.171. The number of carbonyl (C=O) groups is 1. The number of carbonyl (C=O) groups excluding carboxylic acids is 1. The predicted octanol–water partition coefficient (Wildman–Crippen LogP) is 2.52. The summed E-state index contributed by atoms with van der Waals surface area (Å²) in [6, 6.07) is 14.0. The van der Waals surface area contributed by atoms with Gasteiger partial charge in [0.05, 0.1) is 0 Å². The summed E-state index contributed by atoms with van der Waals surface area (Å²) in [4.78, 5) is 17.2. The zero-order chi connectivity index (χ0) is 18.5. The van der Waals surface area contributed by atoms with E-state index in [1.807, 2.05) is 47.4 Å². The van der Waals surface area contributed by atoms with Crippen LogP contribution < -0.4 is 5.32 Å². The number of aromatic nitrogens is 2. The summed E-state index contributed by atoms with van der Waals surface area (Å²) in [5, 5.41) is 11.5. The van der Waals surface area contributed by atoms with E-state index in [2.05, 4.69) is 20.4 Å². The molecule has 1 atom stereocenters. The molecule has 1 aromatic carbocycles. The molecular weight excluding hydrogens is 338 g/mol. The van der Waals surface area contributed by atoms with Crippen molar-refractivity contribution in [2.45, 2.75) is 25.3 Å². The molecule has 1 amide bonds. The van der Waals surface area contributed by atoms with Crippen LogP contribution in [-0.2, 0) is 0 Å². The molecule has 0 saturated carbocycles. The third-order valence-electron chi connectivity index (χ3n) is 5.62. The molecule has 2 aliphatic heterocycles. The average molecular weight is 365 g/mol. The van der Waals surface area contributed by atoms with Crippen molar-refractivity contribution in [3.8, 4) is 0 Å². The highest BCUT2D eigenvalue weighted by molar-refractivity contribution is 5.94. The molecule has 4 rings (SSSR count). The van der Waals surface area contributed by atoms with Crippen molar-refractivity contribution < 1.29 is 4.79 Å². The molecule has 0 radical (unpaired) electrons. The largest absolute Gasteiger partial charge is 0.366 e. The van der Waals surface area contributed by atoms with E-state index in [0.717, 1.165) is 63.4 Å². The van der Waals surface area contributed by atoms with E-state index in [1.54, 1.807) is 6.20 Å². The van der Waals surface area contributed by atoms with Crippen molar-refractivity contribution in [1.82, 2.24) is 20.0 Å². The number of nitrogens with one attached hydrogen (secondary N) is 1. The predicted molar refractivity (Wildman–Crippen MR) is 106 cm³/mol. The second-order valence-corrected chi connectivity index (χ2v) is 7.60. The van der Waals surface area contributed by atoms with Crippen molar-refractivity contribution in [3.05, 3.63) is 54.2 Å². The fourth-order valence-corrected chi connectivity index (χ4v) is 4.14. The van der Waals surface area contributed by atoms with Gasteiger partial charge in [0, 0.05) is 50.5 Å². The first-order chi connectivity index (χ1) is 13.3. The van der Waals surface area contributed by atoms with Crippen LogP contribution in [0.2, 0.25) is 0 Å². The maximum absolute atomic E-state index is 12.6. The summed E-state index contributed by atoms with van der Waals surface area (Å²) in [6.07, 6.45) is 5.05. The fourth-order valence-electron chi connectivity index (χ4n) is 4.14. The van der Waals surface area contributed by atoms with E-state index in [1.165, 1.54) is 0 Å². The lowest BCUT2D eigenvalue weighted by atomic mass is 10.0. The smallest absolute Gasteiger partial charge is 0.253 e. The maximum Gasteiger partial charge on any atom is 0.253 e. The lowest BCUT2D eigenvalue weighted by molar-refractivity contribution is 0.0782. The van der Waals surface area contributed by atoms with Crippen LogP contribution in [-0.4, -0.2) is 64.7 Å². The Morgan fingerprint density at radius 3 is 2.59 bits per heavy atom. The van der Waals surface area contributed by atoms with Gasteiger partial charge < -0.3 is 15.1 Å². The Morgan fingerprint density at radius 2 is 1.85 bits per heavy atom. The molecule has 3 heterocycles. The van der Waals surface area contributed by atoms with Gasteiger partial charge in [-0.05, 0) is 49.4 Å². The Kier molecular flexibility index (Phi) is 5.63. The molecule has 2 aliphatic rings. The summed E-state index contributed by atoms with van der Waals surface area (Å²) < 4.78 is 0. The molecule has 2 aromatic rings. The van der Waals surface area contributed by atoms with Crippen LogP contribution in [0.5, 0.6) is 0 Å². The first kappa shape index (κ1) is 17.9. The van der Waals surface area contributed by atoms with Crippen molar-refractivity contribution in [1.29, 1.82) is 0 Å². The molecule has 0 spiro atoms. The number of anilines is 1. The number of amides is 1. The SMILES string of the molecule is O=C(c1ccccc1)N1CCC(CN2CCC(Nc3cccnn3)CC2)C1. The van der Waals surface area contributed by atoms with Crippen molar-refractivity contribution >= 4 is 11.7 Å². The Bertz CT molecular complexity index is 731. The maximum atomic E-state index is 12.6. The van der Waals surface area contributed by atoms with Gasteiger partial charge in [-0.2, -0.15) is 5.10 Å². The van der Waals surface area contributed by atoms with Gasteiger partial charge in [-0.25, -0.2) is 0 Å². The highest BCUT2D eigenvalue weighted by atomic mass is 16.2. The first-order valence-corrected chi connectivity index (χ1v) is 9.89. The van der Waals surface area contributed by atoms with Crippen LogP contribution in [0, 0.1) is 5.92 Å². The molecule has 1 unspecified atom stereocenters. The molecular formula is C21H27N5O. The number of rotatable bonds is 5. The standard InChI is InChI=1S/C21H27N5O/c27-21(18-5-2-1-3-6-18)26-14-8-17(16-26)15-25-12-9-19(10-13-25)23-20-7-4-11-22-24-20/h1-7,11,17,19H,8-10,12-16H2,(H,23,24). The van der Waals surface area contributed by atoms with Gasteiger partial charge in [0.1, 0.15) is 5.82 Å². The molecule has 2 saturated heterocycles. The highest BCUT2D eigenvalue weighted by Crippen LogP contribution is 2.22. The van der Waals surface area contributed by atoms with Crippen LogP contribution in [0.1, 0.15) is 29.6 Å². The monoisotopic (exact) mass is 365 g/mol. The molecule has 0 aliphatic carbocycles. The summed E-state index contributed by atoms with van der Waals surface area (Å²) in [5.74, 6) is 1.62. The van der Waals surface area contributed by atoms with Crippen molar-refractivity contribution in [2.24, 2.45) is 5.92 Å². The number of likely N-dealkylation sites (tertiary alicyclic amines) is 2. The Hall–Kier alpha value is -2.47. The molecule has 142 valence electrons. The van der Waals surface area contributed by atoms with E-state index < -0.39 is 0 Å². The quantitative estimate of drug-likeness (QED) is 0.882. The number of nitrogens with zero attached hydrogens (tertiary/aromatic N) is 4. The molecule has 0 bridgehead atoms. The van der Waals surface area contributed by atoms with Gasteiger partial charge in [-0.1, -0.05) is 18.2 Å². The topological polar surface area (TPSA) is 61.4 Å². The Balaban J connectivity index is 1.21. The number of benzene rings is 1. The second-order valence-electron chi connectivity index (χ2n) is 7.60. The summed E-state index contributed by atoms with van der Waals surface area (Å²) in [5.41, 5.74) is 0.800. The van der Waals surface area contributed by atoms with E-state index in [4.69, 9.17) is 0 Å². The van der Waals surface area contributed by atoms with Crippen LogP contribution in [0.4, 0.5) is 5.82 Å². The van der Waals surface area contributed by atoms with E-state index in [-0.39, 0.29) is 5.91 Å². The lowest BCUT2D eigenvalue weighted by Crippen LogP contribution is -2.42. The minimum absolute atomic E-state index is 0.171. The Morgan fingerprint density at radius 1 is 1.04 bits per heavy atom. The number of piperidine rings is 1. The molecule has 27 heavy (non-hydrogen) atoms. The third-order valence-corrected chi connectivity index (χ3v) is 5.62. The van der Waals surface area contributed by atoms with Gasteiger partial charge in [-0.15, -0.1) is 5.10 Å². The fraction of sp³-hybridized carbons (Fsp3) is 0.476. The van der Waals surface area contributed by atoms with Gasteiger partial charge in [-0.3, -0.25) is 4.79 Å². The highest BCUT2D eigenvalue weighted by Gasteiger charge is 2.29.